The second-order valence-corrected chi connectivity index (χ2v) is 7.04. The molecule has 5 rings (SSSR count). The van der Waals surface area contributed by atoms with Crippen molar-refractivity contribution in [3.63, 3.8) is 0 Å². The Morgan fingerprint density at radius 2 is 1.78 bits per heavy atom. The van der Waals surface area contributed by atoms with Crippen LogP contribution in [0.25, 0.3) is 10.8 Å². The molecule has 27 heavy (non-hydrogen) atoms. The van der Waals surface area contributed by atoms with Crippen molar-refractivity contribution in [3.8, 4) is 11.5 Å². The molecule has 3 aromatic rings. The van der Waals surface area contributed by atoms with E-state index < -0.39 is 11.6 Å². The molecule has 2 unspecified atom stereocenters. The van der Waals surface area contributed by atoms with E-state index in [1.165, 1.54) is 19.1 Å². The van der Waals surface area contributed by atoms with E-state index in [4.69, 9.17) is 9.47 Å². The fraction of sp³-hybridized carbons (Fsp3) is 0.238. The zero-order chi connectivity index (χ0) is 19.1. The monoisotopic (exact) mass is 365 g/mol. The number of methoxy groups -OCH3 is 2. The number of aryl methyl sites for hydroxylation is 1. The molecule has 0 amide bonds. The van der Waals surface area contributed by atoms with Crippen molar-refractivity contribution in [1.82, 2.24) is 0 Å². The maximum Gasteiger partial charge on any atom is 0.284 e. The number of fused-ring (bicyclic) bond motifs is 5. The lowest BCUT2D eigenvalue weighted by Crippen LogP contribution is -2.51. The highest BCUT2D eigenvalue weighted by atomic mass is 16.6. The van der Waals surface area contributed by atoms with Crippen LogP contribution in [0.15, 0.2) is 42.5 Å². The van der Waals surface area contributed by atoms with E-state index >= 15 is 0 Å². The maximum atomic E-state index is 11.9. The zero-order valence-corrected chi connectivity index (χ0v) is 15.1. The summed E-state index contributed by atoms with van der Waals surface area (Å²) >= 11 is 0. The predicted molar refractivity (Wildman–Crippen MR) is 99.7 cm³/mol. The number of benzene rings is 3. The number of phenols is 1. The van der Waals surface area contributed by atoms with E-state index in [-0.39, 0.29) is 5.75 Å². The van der Waals surface area contributed by atoms with E-state index in [1.807, 2.05) is 19.1 Å². The lowest BCUT2D eigenvalue weighted by Gasteiger charge is -2.38. The van der Waals surface area contributed by atoms with Gasteiger partial charge in [0, 0.05) is 18.1 Å². The molecule has 2 atom stereocenters. The summed E-state index contributed by atoms with van der Waals surface area (Å²) in [5.41, 5.74) is 0.802. The van der Waals surface area contributed by atoms with Crippen LogP contribution in [0.1, 0.15) is 22.3 Å². The molecule has 0 saturated heterocycles. The van der Waals surface area contributed by atoms with Crippen LogP contribution in [-0.4, -0.2) is 29.5 Å². The number of hydrogen-bond donors (Lipinski definition) is 3. The van der Waals surface area contributed by atoms with Crippen LogP contribution in [0.4, 0.5) is 5.69 Å². The van der Waals surface area contributed by atoms with Gasteiger partial charge in [0.1, 0.15) is 11.5 Å². The zero-order valence-electron chi connectivity index (χ0n) is 15.1. The Kier molecular flexibility index (Phi) is 2.99. The standard InChI is InChI=1S/C21H19NO5/c1-11-9-12-7-8-15(23)19-17(12)14(10-11)22-20(19,24)13-5-4-6-16(26-2)18(13)21(22,25)27-3/h4-10,23-25H,1-3H3. The summed E-state index contributed by atoms with van der Waals surface area (Å²) in [4.78, 5) is 1.41. The summed E-state index contributed by atoms with van der Waals surface area (Å²) in [5.74, 6) is -1.63. The van der Waals surface area contributed by atoms with E-state index in [2.05, 4.69) is 0 Å². The van der Waals surface area contributed by atoms with Gasteiger partial charge in [-0.3, -0.25) is 4.90 Å². The Labute approximate surface area is 155 Å². The number of phenolic OH excluding ortho intramolecular Hbond substituents is 1. The summed E-state index contributed by atoms with van der Waals surface area (Å²) in [6.07, 6.45) is 0. The molecule has 2 heterocycles. The second kappa shape index (κ2) is 4.92. The van der Waals surface area contributed by atoms with Crippen LogP contribution in [0.5, 0.6) is 11.5 Å². The van der Waals surface area contributed by atoms with Crippen LogP contribution < -0.4 is 9.64 Å². The fourth-order valence-electron chi connectivity index (χ4n) is 4.66. The van der Waals surface area contributed by atoms with Crippen molar-refractivity contribution in [1.29, 1.82) is 0 Å². The van der Waals surface area contributed by atoms with Crippen LogP contribution in [0.3, 0.4) is 0 Å². The molecule has 6 nitrogen and oxygen atoms in total. The third-order valence-corrected chi connectivity index (χ3v) is 5.67. The summed E-state index contributed by atoms with van der Waals surface area (Å²) in [5, 5.41) is 35.8. The Morgan fingerprint density at radius 3 is 2.48 bits per heavy atom. The molecule has 3 N–H and O–H groups in total. The average Bonchev–Trinajstić information content (AvgIpc) is 3.05. The molecule has 0 aliphatic carbocycles. The quantitative estimate of drug-likeness (QED) is 0.606. The maximum absolute atomic E-state index is 11.9. The van der Waals surface area contributed by atoms with Gasteiger partial charge >= 0.3 is 0 Å². The fourth-order valence-corrected chi connectivity index (χ4v) is 4.66. The van der Waals surface area contributed by atoms with Crippen molar-refractivity contribution < 1.29 is 24.8 Å². The highest BCUT2D eigenvalue weighted by Crippen LogP contribution is 2.63. The molecule has 0 radical (unpaired) electrons. The topological polar surface area (TPSA) is 82.4 Å². The minimum atomic E-state index is -1.97. The smallest absolute Gasteiger partial charge is 0.284 e. The number of rotatable bonds is 2. The predicted octanol–water partition coefficient (Wildman–Crippen LogP) is 2.64. The molecule has 0 fully saturated rings. The lowest BCUT2D eigenvalue weighted by molar-refractivity contribution is -0.204. The first kappa shape index (κ1) is 16.4. The molecule has 2 aliphatic heterocycles. The van der Waals surface area contributed by atoms with Crippen molar-refractivity contribution in [2.24, 2.45) is 0 Å². The lowest BCUT2D eigenvalue weighted by atomic mass is 9.91. The largest absolute Gasteiger partial charge is 0.507 e. The van der Waals surface area contributed by atoms with Gasteiger partial charge < -0.3 is 24.8 Å². The molecule has 6 heteroatoms. The van der Waals surface area contributed by atoms with E-state index in [0.29, 0.717) is 33.5 Å². The highest BCUT2D eigenvalue weighted by Gasteiger charge is 2.65. The van der Waals surface area contributed by atoms with Crippen LogP contribution in [-0.2, 0) is 16.4 Å². The minimum Gasteiger partial charge on any atom is -0.507 e. The molecule has 3 aromatic carbocycles. The van der Waals surface area contributed by atoms with Crippen LogP contribution in [0.2, 0.25) is 0 Å². The van der Waals surface area contributed by atoms with Crippen molar-refractivity contribution in [2.45, 2.75) is 18.6 Å². The van der Waals surface area contributed by atoms with E-state index in [9.17, 15) is 15.3 Å². The number of hydrogen-bond acceptors (Lipinski definition) is 6. The Morgan fingerprint density at radius 1 is 1.00 bits per heavy atom. The van der Waals surface area contributed by atoms with Gasteiger partial charge in [0.15, 0.2) is 0 Å². The molecule has 0 spiro atoms. The van der Waals surface area contributed by atoms with Crippen molar-refractivity contribution >= 4 is 16.5 Å². The van der Waals surface area contributed by atoms with Crippen molar-refractivity contribution in [3.05, 3.63) is 64.7 Å². The summed E-state index contributed by atoms with van der Waals surface area (Å²) < 4.78 is 11.0. The molecular weight excluding hydrogens is 346 g/mol. The first-order chi connectivity index (χ1) is 12.9. The Bertz CT molecular complexity index is 1130. The van der Waals surface area contributed by atoms with Gasteiger partial charge in [-0.25, -0.2) is 0 Å². The van der Waals surface area contributed by atoms with Gasteiger partial charge in [0.05, 0.1) is 23.9 Å². The number of nitrogens with zero attached hydrogens (tertiary/aromatic N) is 1. The number of ether oxygens (including phenoxy) is 2. The third-order valence-electron chi connectivity index (χ3n) is 5.67. The molecular formula is C21H19NO5. The van der Waals surface area contributed by atoms with Gasteiger partial charge in [-0.2, -0.15) is 0 Å². The summed E-state index contributed by atoms with van der Waals surface area (Å²) in [6, 6.07) is 12.4. The van der Waals surface area contributed by atoms with Gasteiger partial charge in [0.2, 0.25) is 5.72 Å². The van der Waals surface area contributed by atoms with Crippen molar-refractivity contribution in [2.75, 3.05) is 19.1 Å². The Hall–Kier alpha value is -2.80. The van der Waals surface area contributed by atoms with E-state index in [0.717, 1.165) is 10.9 Å². The Balaban J connectivity index is 1.99. The minimum absolute atomic E-state index is 0.0493. The highest BCUT2D eigenvalue weighted by molar-refractivity contribution is 6.05. The van der Waals surface area contributed by atoms with Crippen LogP contribution in [0, 0.1) is 6.92 Å². The van der Waals surface area contributed by atoms with Gasteiger partial charge in [-0.15, -0.1) is 0 Å². The molecule has 0 saturated carbocycles. The molecule has 138 valence electrons. The van der Waals surface area contributed by atoms with Gasteiger partial charge in [0.25, 0.3) is 5.91 Å². The SMILES string of the molecule is COc1cccc2c1C(O)(OC)N1c3cc(C)cc4ccc(O)c(c34)C21O. The molecule has 0 bridgehead atoms. The van der Waals surface area contributed by atoms with Crippen LogP contribution >= 0.6 is 0 Å². The summed E-state index contributed by atoms with van der Waals surface area (Å²) in [7, 11) is 2.87. The molecule has 2 aliphatic rings. The van der Waals surface area contributed by atoms with Gasteiger partial charge in [-0.05, 0) is 36.1 Å². The number of aromatic hydroxyl groups is 1. The normalized spacial score (nSPS) is 25.0. The third kappa shape index (κ3) is 1.66. The summed E-state index contributed by atoms with van der Waals surface area (Å²) in [6.45, 7) is 1.94. The number of aliphatic hydroxyl groups is 2. The second-order valence-electron chi connectivity index (χ2n) is 7.04. The average molecular weight is 365 g/mol. The number of anilines is 1. The van der Waals surface area contributed by atoms with Gasteiger partial charge in [-0.1, -0.05) is 24.3 Å². The van der Waals surface area contributed by atoms with E-state index in [1.54, 1.807) is 30.3 Å². The first-order valence-corrected chi connectivity index (χ1v) is 8.63. The molecule has 0 aromatic heterocycles. The first-order valence-electron chi connectivity index (χ1n) is 8.63.